The van der Waals surface area contributed by atoms with Gasteiger partial charge in [-0.15, -0.1) is 0 Å². The van der Waals surface area contributed by atoms with Crippen molar-refractivity contribution in [1.82, 2.24) is 0 Å². The highest BCUT2D eigenvalue weighted by Crippen LogP contribution is 2.28. The van der Waals surface area contributed by atoms with Crippen LogP contribution in [0.4, 0.5) is 10.1 Å². The van der Waals surface area contributed by atoms with Crippen molar-refractivity contribution in [3.05, 3.63) is 29.6 Å². The number of nitrogens with one attached hydrogen (secondary N) is 1. The molecule has 1 aromatic carbocycles. The molecular weight excluding hydrogens is 245 g/mol. The van der Waals surface area contributed by atoms with E-state index < -0.39 is 17.1 Å². The van der Waals surface area contributed by atoms with Gasteiger partial charge in [-0.25, -0.2) is 4.39 Å². The summed E-state index contributed by atoms with van der Waals surface area (Å²) < 4.78 is 13.6. The molecule has 0 spiro atoms. The number of anilines is 1. The van der Waals surface area contributed by atoms with Crippen LogP contribution in [0.2, 0.25) is 0 Å². The van der Waals surface area contributed by atoms with E-state index in [1.807, 2.05) is 12.1 Å². The number of hydrogen-bond acceptors (Lipinski definition) is 3. The zero-order chi connectivity index (χ0) is 14.5. The number of nitrogens with zero attached hydrogens (tertiary/aromatic N) is 2. The Morgan fingerprint density at radius 1 is 1.37 bits per heavy atom. The topological polar surface area (TPSA) is 76.7 Å². The second-order valence-electron chi connectivity index (χ2n) is 4.16. The molecule has 4 nitrogen and oxygen atoms in total. The first-order valence-electron chi connectivity index (χ1n) is 5.95. The van der Waals surface area contributed by atoms with Crippen molar-refractivity contribution >= 4 is 11.6 Å². The van der Waals surface area contributed by atoms with Gasteiger partial charge in [-0.05, 0) is 31.0 Å². The Bertz CT molecular complexity index is 565. The quantitative estimate of drug-likeness (QED) is 0.903. The number of carbonyl (C=O) groups is 1. The molecule has 0 saturated carbocycles. The molecule has 0 saturated heterocycles. The number of hydrogen-bond donors (Lipinski definition) is 1. The summed E-state index contributed by atoms with van der Waals surface area (Å²) in [5, 5.41) is 20.2. The molecule has 0 unspecified atom stereocenters. The smallest absolute Gasteiger partial charge is 0.244 e. The molecule has 0 bridgehead atoms. The Morgan fingerprint density at radius 3 is 2.42 bits per heavy atom. The van der Waals surface area contributed by atoms with Gasteiger partial charge in [0.15, 0.2) is 0 Å². The monoisotopic (exact) mass is 259 g/mol. The third-order valence-electron chi connectivity index (χ3n) is 3.20. The Kier molecular flexibility index (Phi) is 4.61. The van der Waals surface area contributed by atoms with E-state index in [1.54, 1.807) is 13.8 Å². The van der Waals surface area contributed by atoms with Crippen molar-refractivity contribution in [2.24, 2.45) is 5.41 Å². The second kappa shape index (κ2) is 5.97. The largest absolute Gasteiger partial charge is 0.322 e. The van der Waals surface area contributed by atoms with Crippen LogP contribution >= 0.6 is 0 Å². The fourth-order valence-electron chi connectivity index (χ4n) is 1.71. The van der Waals surface area contributed by atoms with Crippen molar-refractivity contribution in [1.29, 1.82) is 10.5 Å². The fraction of sp³-hybridized carbons (Fsp3) is 0.357. The van der Waals surface area contributed by atoms with Crippen LogP contribution in [0.5, 0.6) is 0 Å². The van der Waals surface area contributed by atoms with Crippen LogP contribution in [0.3, 0.4) is 0 Å². The van der Waals surface area contributed by atoms with E-state index in [0.717, 1.165) is 6.07 Å². The van der Waals surface area contributed by atoms with Crippen molar-refractivity contribution < 1.29 is 9.18 Å². The highest BCUT2D eigenvalue weighted by Gasteiger charge is 2.35. The van der Waals surface area contributed by atoms with E-state index in [1.165, 1.54) is 12.1 Å². The van der Waals surface area contributed by atoms with Gasteiger partial charge in [-0.2, -0.15) is 10.5 Å². The molecule has 0 aliphatic heterocycles. The summed E-state index contributed by atoms with van der Waals surface area (Å²) >= 11 is 0. The summed E-state index contributed by atoms with van der Waals surface area (Å²) in [6.07, 6.45) is 0.702. The van der Waals surface area contributed by atoms with Gasteiger partial charge < -0.3 is 5.32 Å². The van der Waals surface area contributed by atoms with Gasteiger partial charge in [0.25, 0.3) is 0 Å². The molecule has 98 valence electrons. The molecule has 0 aromatic heterocycles. The van der Waals surface area contributed by atoms with Gasteiger partial charge >= 0.3 is 0 Å². The molecule has 0 aliphatic carbocycles. The first-order chi connectivity index (χ1) is 9.02. The Labute approximate surface area is 111 Å². The van der Waals surface area contributed by atoms with Gasteiger partial charge in [0.05, 0.1) is 23.4 Å². The molecule has 1 aromatic rings. The van der Waals surface area contributed by atoms with E-state index in [2.05, 4.69) is 5.32 Å². The lowest BCUT2D eigenvalue weighted by Gasteiger charge is -2.22. The van der Waals surface area contributed by atoms with Crippen LogP contribution in [-0.4, -0.2) is 5.91 Å². The minimum Gasteiger partial charge on any atom is -0.322 e. The summed E-state index contributed by atoms with van der Waals surface area (Å²) in [4.78, 5) is 12.1. The Morgan fingerprint density at radius 2 is 2.00 bits per heavy atom. The van der Waals surface area contributed by atoms with E-state index in [-0.39, 0.29) is 11.3 Å². The summed E-state index contributed by atoms with van der Waals surface area (Å²) in [6.45, 7) is 3.48. The standard InChI is InChI=1S/C14H14FN3O/c1-3-14(4-2,9-17)13(19)18-12-6-5-10(8-16)7-11(12)15/h5-7H,3-4H2,1-2H3,(H,18,19). The van der Waals surface area contributed by atoms with E-state index >= 15 is 0 Å². The molecule has 0 radical (unpaired) electrons. The summed E-state index contributed by atoms with van der Waals surface area (Å²) in [7, 11) is 0. The molecule has 1 amide bonds. The SMILES string of the molecule is CCC(C#N)(CC)C(=O)Nc1ccc(C#N)cc1F. The van der Waals surface area contributed by atoms with E-state index in [4.69, 9.17) is 10.5 Å². The molecule has 19 heavy (non-hydrogen) atoms. The van der Waals surface area contributed by atoms with Crippen LogP contribution in [0.25, 0.3) is 0 Å². The average molecular weight is 259 g/mol. The minimum absolute atomic E-state index is 0.0227. The first-order valence-corrected chi connectivity index (χ1v) is 5.95. The number of halogens is 1. The van der Waals surface area contributed by atoms with Gasteiger partial charge in [0, 0.05) is 0 Å². The average Bonchev–Trinajstić information content (AvgIpc) is 2.43. The Hall–Kier alpha value is -2.40. The Balaban J connectivity index is 3.01. The lowest BCUT2D eigenvalue weighted by molar-refractivity contribution is -0.123. The molecule has 0 heterocycles. The van der Waals surface area contributed by atoms with Crippen LogP contribution < -0.4 is 5.32 Å². The number of benzene rings is 1. The third-order valence-corrected chi connectivity index (χ3v) is 3.20. The van der Waals surface area contributed by atoms with Crippen molar-refractivity contribution in [2.75, 3.05) is 5.32 Å². The fourth-order valence-corrected chi connectivity index (χ4v) is 1.71. The summed E-state index contributed by atoms with van der Waals surface area (Å²) in [6, 6.07) is 7.57. The minimum atomic E-state index is -1.15. The molecule has 1 N–H and O–H groups in total. The molecule has 0 aliphatic rings. The van der Waals surface area contributed by atoms with Crippen LogP contribution in [0.15, 0.2) is 18.2 Å². The number of carbonyl (C=O) groups excluding carboxylic acids is 1. The molecule has 0 atom stereocenters. The molecule has 0 fully saturated rings. The third kappa shape index (κ3) is 2.89. The van der Waals surface area contributed by atoms with Gasteiger partial charge in [-0.3, -0.25) is 4.79 Å². The number of rotatable bonds is 4. The van der Waals surface area contributed by atoms with Crippen LogP contribution in [0, 0.1) is 33.9 Å². The van der Waals surface area contributed by atoms with E-state index in [9.17, 15) is 9.18 Å². The van der Waals surface area contributed by atoms with Crippen molar-refractivity contribution in [3.63, 3.8) is 0 Å². The lowest BCUT2D eigenvalue weighted by Crippen LogP contribution is -2.34. The first kappa shape index (κ1) is 14.7. The summed E-state index contributed by atoms with van der Waals surface area (Å²) in [5.74, 6) is -1.21. The lowest BCUT2D eigenvalue weighted by atomic mass is 9.83. The maximum Gasteiger partial charge on any atom is 0.244 e. The van der Waals surface area contributed by atoms with Crippen molar-refractivity contribution in [2.45, 2.75) is 26.7 Å². The van der Waals surface area contributed by atoms with Crippen LogP contribution in [-0.2, 0) is 4.79 Å². The number of amides is 1. The molecule has 5 heteroatoms. The normalized spacial score (nSPS) is 10.4. The zero-order valence-electron chi connectivity index (χ0n) is 10.8. The zero-order valence-corrected chi connectivity index (χ0v) is 10.8. The molecule has 1 rings (SSSR count). The van der Waals surface area contributed by atoms with E-state index in [0.29, 0.717) is 12.8 Å². The van der Waals surface area contributed by atoms with Crippen LogP contribution in [0.1, 0.15) is 32.3 Å². The second-order valence-corrected chi connectivity index (χ2v) is 4.16. The number of nitriles is 2. The predicted molar refractivity (Wildman–Crippen MR) is 68.4 cm³/mol. The maximum absolute atomic E-state index is 13.6. The highest BCUT2D eigenvalue weighted by atomic mass is 19.1. The predicted octanol–water partition coefficient (Wildman–Crippen LogP) is 2.97. The highest BCUT2D eigenvalue weighted by molar-refractivity contribution is 5.97. The molecular formula is C14H14FN3O. The summed E-state index contributed by atoms with van der Waals surface area (Å²) in [5.41, 5.74) is -1.00. The maximum atomic E-state index is 13.6. The van der Waals surface area contributed by atoms with Crippen molar-refractivity contribution in [3.8, 4) is 12.1 Å². The van der Waals surface area contributed by atoms with Gasteiger partial charge in [0.1, 0.15) is 11.2 Å². The van der Waals surface area contributed by atoms with Gasteiger partial charge in [-0.1, -0.05) is 13.8 Å². The van der Waals surface area contributed by atoms with Gasteiger partial charge in [0.2, 0.25) is 5.91 Å².